The van der Waals surface area contributed by atoms with Crippen molar-refractivity contribution >= 4 is 5.91 Å². The summed E-state index contributed by atoms with van der Waals surface area (Å²) in [6.07, 6.45) is 2.37. The van der Waals surface area contributed by atoms with Crippen LogP contribution in [0.4, 0.5) is 0 Å². The van der Waals surface area contributed by atoms with Gasteiger partial charge in [0.15, 0.2) is 0 Å². The molecule has 94 valence electrons. The molecule has 4 atom stereocenters. The number of carbonyl (C=O) groups excluding carboxylic acids is 1. The summed E-state index contributed by atoms with van der Waals surface area (Å²) in [5.74, 6) is 0.0959. The summed E-state index contributed by atoms with van der Waals surface area (Å²) in [5, 5.41) is 2.94. The Kier molecular flexibility index (Phi) is 4.74. The van der Waals surface area contributed by atoms with Crippen LogP contribution in [0.15, 0.2) is 0 Å². The normalized spacial score (nSPS) is 30.1. The van der Waals surface area contributed by atoms with E-state index in [1.54, 1.807) is 0 Å². The van der Waals surface area contributed by atoms with Crippen LogP contribution in [0.3, 0.4) is 0 Å². The Balaban J connectivity index is 2.55. The molecule has 1 rings (SSSR count). The molecule has 1 aliphatic rings. The van der Waals surface area contributed by atoms with Crippen molar-refractivity contribution in [1.82, 2.24) is 10.2 Å². The maximum absolute atomic E-state index is 12.0. The highest BCUT2D eigenvalue weighted by Crippen LogP contribution is 2.25. The summed E-state index contributed by atoms with van der Waals surface area (Å²) in [7, 11) is 0. The zero-order chi connectivity index (χ0) is 12.3. The van der Waals surface area contributed by atoms with Crippen LogP contribution >= 0.6 is 0 Å². The summed E-state index contributed by atoms with van der Waals surface area (Å²) in [4.78, 5) is 14.3. The van der Waals surface area contributed by atoms with Gasteiger partial charge in [-0.05, 0) is 40.5 Å². The van der Waals surface area contributed by atoms with E-state index in [0.29, 0.717) is 18.6 Å². The second kappa shape index (κ2) is 5.64. The third kappa shape index (κ3) is 2.95. The Hall–Kier alpha value is -0.610. The van der Waals surface area contributed by atoms with Gasteiger partial charge in [0.05, 0.1) is 6.04 Å². The van der Waals surface area contributed by atoms with E-state index in [0.717, 1.165) is 0 Å². The number of nitrogens with one attached hydrogen (secondary N) is 1. The molecule has 1 amide bonds. The zero-order valence-corrected chi connectivity index (χ0v) is 10.9. The maximum Gasteiger partial charge on any atom is 0.237 e. The van der Waals surface area contributed by atoms with Gasteiger partial charge in [-0.25, -0.2) is 0 Å². The van der Waals surface area contributed by atoms with Gasteiger partial charge in [0.2, 0.25) is 5.91 Å². The van der Waals surface area contributed by atoms with Crippen LogP contribution in [-0.4, -0.2) is 41.5 Å². The van der Waals surface area contributed by atoms with Crippen LogP contribution in [0, 0.1) is 0 Å². The molecule has 0 spiro atoms. The Morgan fingerprint density at radius 3 is 2.31 bits per heavy atom. The minimum absolute atomic E-state index is 0.0542. The Morgan fingerprint density at radius 2 is 1.88 bits per heavy atom. The topological polar surface area (TPSA) is 58.4 Å². The Morgan fingerprint density at radius 1 is 1.38 bits per heavy atom. The first-order valence-corrected chi connectivity index (χ1v) is 6.25. The van der Waals surface area contributed by atoms with Crippen molar-refractivity contribution in [3.05, 3.63) is 0 Å². The zero-order valence-electron chi connectivity index (χ0n) is 10.9. The molecule has 1 saturated heterocycles. The van der Waals surface area contributed by atoms with Gasteiger partial charge < -0.3 is 11.1 Å². The number of hydrogen-bond acceptors (Lipinski definition) is 3. The lowest BCUT2D eigenvalue weighted by Crippen LogP contribution is -2.51. The van der Waals surface area contributed by atoms with Crippen LogP contribution in [0.5, 0.6) is 0 Å². The quantitative estimate of drug-likeness (QED) is 0.743. The van der Waals surface area contributed by atoms with Gasteiger partial charge in [0.25, 0.3) is 0 Å². The number of nitrogens with two attached hydrogens (primary N) is 1. The first-order valence-electron chi connectivity index (χ1n) is 6.25. The molecule has 0 bridgehead atoms. The van der Waals surface area contributed by atoms with E-state index in [2.05, 4.69) is 24.1 Å². The van der Waals surface area contributed by atoms with Gasteiger partial charge in [-0.3, -0.25) is 9.69 Å². The van der Waals surface area contributed by atoms with Crippen molar-refractivity contribution in [1.29, 1.82) is 0 Å². The SMILES string of the molecule is CC(CN)NC(=O)C(C)N1C(C)CCC1C. The fourth-order valence-electron chi connectivity index (χ4n) is 2.54. The molecule has 4 heteroatoms. The Bertz CT molecular complexity index is 234. The van der Waals surface area contributed by atoms with E-state index in [9.17, 15) is 4.79 Å². The number of amides is 1. The standard InChI is InChI=1S/C12H25N3O/c1-8(7-13)14-12(16)11(4)15-9(2)5-6-10(15)3/h8-11H,5-7,13H2,1-4H3,(H,14,16). The second-order valence-electron chi connectivity index (χ2n) is 5.04. The van der Waals surface area contributed by atoms with Crippen molar-refractivity contribution in [2.24, 2.45) is 5.73 Å². The van der Waals surface area contributed by atoms with E-state index in [4.69, 9.17) is 5.73 Å². The van der Waals surface area contributed by atoms with Crippen molar-refractivity contribution in [2.45, 2.75) is 64.7 Å². The number of rotatable bonds is 4. The number of hydrogen-bond donors (Lipinski definition) is 2. The monoisotopic (exact) mass is 227 g/mol. The first-order chi connectivity index (χ1) is 7.47. The Labute approximate surface area is 98.6 Å². The molecule has 3 N–H and O–H groups in total. The minimum atomic E-state index is -0.0542. The third-order valence-corrected chi connectivity index (χ3v) is 3.59. The predicted octanol–water partition coefficient (Wildman–Crippen LogP) is 0.711. The molecule has 4 nitrogen and oxygen atoms in total. The molecule has 0 aromatic carbocycles. The molecule has 0 aromatic rings. The summed E-state index contributed by atoms with van der Waals surface area (Å²) >= 11 is 0. The summed E-state index contributed by atoms with van der Waals surface area (Å²) in [6, 6.07) is 1.01. The molecule has 0 saturated carbocycles. The average molecular weight is 227 g/mol. The fraction of sp³-hybridized carbons (Fsp3) is 0.917. The maximum atomic E-state index is 12.0. The lowest BCUT2D eigenvalue weighted by molar-refractivity contribution is -0.127. The highest BCUT2D eigenvalue weighted by Gasteiger charge is 2.34. The van der Waals surface area contributed by atoms with Crippen molar-refractivity contribution < 1.29 is 4.79 Å². The van der Waals surface area contributed by atoms with Gasteiger partial charge in [-0.2, -0.15) is 0 Å². The highest BCUT2D eigenvalue weighted by molar-refractivity contribution is 5.81. The van der Waals surface area contributed by atoms with E-state index < -0.39 is 0 Å². The van der Waals surface area contributed by atoms with E-state index >= 15 is 0 Å². The molecule has 0 aliphatic carbocycles. The largest absolute Gasteiger partial charge is 0.351 e. The summed E-state index contributed by atoms with van der Waals surface area (Å²) in [6.45, 7) is 8.79. The second-order valence-corrected chi connectivity index (χ2v) is 5.04. The third-order valence-electron chi connectivity index (χ3n) is 3.59. The summed E-state index contributed by atoms with van der Waals surface area (Å²) < 4.78 is 0. The van der Waals surface area contributed by atoms with Crippen LogP contribution in [0.2, 0.25) is 0 Å². The van der Waals surface area contributed by atoms with Crippen LogP contribution < -0.4 is 11.1 Å². The molecule has 4 unspecified atom stereocenters. The number of nitrogens with zero attached hydrogens (tertiary/aromatic N) is 1. The molecule has 1 heterocycles. The molecule has 16 heavy (non-hydrogen) atoms. The minimum Gasteiger partial charge on any atom is -0.351 e. The predicted molar refractivity (Wildman–Crippen MR) is 66.1 cm³/mol. The molecule has 0 radical (unpaired) electrons. The molecule has 0 aromatic heterocycles. The van der Waals surface area contributed by atoms with Gasteiger partial charge in [0, 0.05) is 24.7 Å². The van der Waals surface area contributed by atoms with E-state index in [1.807, 2.05) is 13.8 Å². The average Bonchev–Trinajstić information content (AvgIpc) is 2.57. The van der Waals surface area contributed by atoms with Gasteiger partial charge in [0.1, 0.15) is 0 Å². The smallest absolute Gasteiger partial charge is 0.237 e. The van der Waals surface area contributed by atoms with Gasteiger partial charge >= 0.3 is 0 Å². The fourth-order valence-corrected chi connectivity index (χ4v) is 2.54. The number of carbonyl (C=O) groups is 1. The molecular weight excluding hydrogens is 202 g/mol. The summed E-state index contributed by atoms with van der Waals surface area (Å²) in [5.41, 5.74) is 5.50. The number of likely N-dealkylation sites (tertiary alicyclic amines) is 1. The molecule has 1 aliphatic heterocycles. The first kappa shape index (κ1) is 13.5. The van der Waals surface area contributed by atoms with Crippen LogP contribution in [0.1, 0.15) is 40.5 Å². The molecule has 1 fully saturated rings. The van der Waals surface area contributed by atoms with E-state index in [1.165, 1.54) is 12.8 Å². The van der Waals surface area contributed by atoms with Crippen LogP contribution in [-0.2, 0) is 4.79 Å². The van der Waals surface area contributed by atoms with Gasteiger partial charge in [-0.1, -0.05) is 0 Å². The van der Waals surface area contributed by atoms with Crippen molar-refractivity contribution in [3.8, 4) is 0 Å². The van der Waals surface area contributed by atoms with E-state index in [-0.39, 0.29) is 18.0 Å². The lowest BCUT2D eigenvalue weighted by Gasteiger charge is -2.32. The molecular formula is C12H25N3O. The lowest BCUT2D eigenvalue weighted by atomic mass is 10.2. The van der Waals surface area contributed by atoms with Gasteiger partial charge in [-0.15, -0.1) is 0 Å². The van der Waals surface area contributed by atoms with Crippen molar-refractivity contribution in [3.63, 3.8) is 0 Å². The van der Waals surface area contributed by atoms with Crippen LogP contribution in [0.25, 0.3) is 0 Å². The highest BCUT2D eigenvalue weighted by atomic mass is 16.2. The van der Waals surface area contributed by atoms with Crippen molar-refractivity contribution in [2.75, 3.05) is 6.54 Å².